The van der Waals surface area contributed by atoms with Crippen LogP contribution >= 0.6 is 15.9 Å². The minimum absolute atomic E-state index is 0.0490. The highest BCUT2D eigenvalue weighted by atomic mass is 79.9. The second-order valence-electron chi connectivity index (χ2n) is 14.8. The molecule has 0 radical (unpaired) electrons. The van der Waals surface area contributed by atoms with Crippen LogP contribution in [-0.2, 0) is 22.6 Å². The molecule has 1 aromatic carbocycles. The second-order valence-corrected chi connectivity index (χ2v) is 15.7. The van der Waals surface area contributed by atoms with Crippen LogP contribution in [0.25, 0.3) is 0 Å². The summed E-state index contributed by atoms with van der Waals surface area (Å²) in [5.74, 6) is -0.0832. The third-order valence-electron chi connectivity index (χ3n) is 9.77. The third kappa shape index (κ3) is 9.60. The molecule has 46 heavy (non-hydrogen) atoms. The first-order valence-electron chi connectivity index (χ1n) is 17.1. The monoisotopic (exact) mass is 697 g/mol. The Balaban J connectivity index is 1.27. The van der Waals surface area contributed by atoms with Gasteiger partial charge in [-0.25, -0.2) is 0 Å². The number of nitrogens with one attached hydrogen (secondary N) is 2. The van der Waals surface area contributed by atoms with Crippen LogP contribution in [0.1, 0.15) is 88.4 Å². The second kappa shape index (κ2) is 15.7. The number of pyridine rings is 1. The predicted octanol–water partition coefficient (Wildman–Crippen LogP) is 4.36. The van der Waals surface area contributed by atoms with E-state index in [9.17, 15) is 19.8 Å². The molecular weight excluding hydrogens is 646 g/mol. The van der Waals surface area contributed by atoms with Crippen molar-refractivity contribution in [2.45, 2.75) is 109 Å². The van der Waals surface area contributed by atoms with E-state index in [1.54, 1.807) is 6.20 Å². The van der Waals surface area contributed by atoms with Gasteiger partial charge in [-0.05, 0) is 74.4 Å². The zero-order valence-corrected chi connectivity index (χ0v) is 29.2. The number of benzene rings is 1. The number of hydrogen-bond donors (Lipinski definition) is 4. The molecule has 0 spiro atoms. The van der Waals surface area contributed by atoms with Crippen molar-refractivity contribution in [1.82, 2.24) is 25.4 Å². The maximum absolute atomic E-state index is 14.0. The van der Waals surface area contributed by atoms with Gasteiger partial charge in [0.25, 0.3) is 0 Å². The number of β-amino-alcohol motifs (C(OH)–C–C–N with tert-alkyl or cyclic N) is 1. The largest absolute Gasteiger partial charge is 0.392 e. The zero-order chi connectivity index (χ0) is 32.8. The van der Waals surface area contributed by atoms with Crippen molar-refractivity contribution in [3.05, 3.63) is 63.9 Å². The maximum atomic E-state index is 14.0. The fourth-order valence-corrected chi connectivity index (χ4v) is 7.92. The van der Waals surface area contributed by atoms with Gasteiger partial charge in [-0.2, -0.15) is 0 Å². The lowest BCUT2D eigenvalue weighted by molar-refractivity contribution is -0.132. The van der Waals surface area contributed by atoms with Gasteiger partial charge in [0.15, 0.2) is 0 Å². The van der Waals surface area contributed by atoms with Crippen molar-refractivity contribution in [3.63, 3.8) is 0 Å². The van der Waals surface area contributed by atoms with E-state index in [1.165, 1.54) is 19.3 Å². The summed E-state index contributed by atoms with van der Waals surface area (Å²) in [4.78, 5) is 36.1. The van der Waals surface area contributed by atoms with Gasteiger partial charge in [0.05, 0.1) is 18.2 Å². The van der Waals surface area contributed by atoms with E-state index >= 15 is 0 Å². The van der Waals surface area contributed by atoms with Gasteiger partial charge in [0.1, 0.15) is 6.04 Å². The molecule has 4 N–H and O–H groups in total. The SMILES string of the molecule is CC(C)(C)NC(=O)[C@@H]1CN(Cc2cccnc2)CCN1C[C@@H](O)C[C@@H](CC1CCCCC1)C(=O)N[C@H]1c2cc(Br)ccc2C[C@H]1O. The number of piperazine rings is 1. The number of carbonyl (C=O) groups is 2. The van der Waals surface area contributed by atoms with Crippen LogP contribution in [0, 0.1) is 11.8 Å². The average molecular weight is 699 g/mol. The molecule has 3 aliphatic rings. The number of aromatic nitrogens is 1. The normalized spacial score (nSPS) is 24.3. The van der Waals surface area contributed by atoms with E-state index in [-0.39, 0.29) is 23.3 Å². The average Bonchev–Trinajstić information content (AvgIpc) is 3.31. The Labute approximate surface area is 282 Å². The summed E-state index contributed by atoms with van der Waals surface area (Å²) < 4.78 is 0.916. The van der Waals surface area contributed by atoms with E-state index in [0.717, 1.165) is 47.0 Å². The molecule has 1 aliphatic heterocycles. The van der Waals surface area contributed by atoms with Crippen molar-refractivity contribution >= 4 is 27.7 Å². The van der Waals surface area contributed by atoms with Crippen LogP contribution in [-0.4, -0.2) is 86.8 Å². The van der Waals surface area contributed by atoms with Crippen LogP contribution in [0.4, 0.5) is 0 Å². The van der Waals surface area contributed by atoms with Gasteiger partial charge in [-0.15, -0.1) is 0 Å². The number of halogens is 1. The number of fused-ring (bicyclic) bond motifs is 1. The first kappa shape index (κ1) is 35.0. The van der Waals surface area contributed by atoms with Gasteiger partial charge in [-0.1, -0.05) is 60.2 Å². The molecule has 2 fully saturated rings. The Morgan fingerprint density at radius 3 is 2.63 bits per heavy atom. The van der Waals surface area contributed by atoms with Crippen LogP contribution in [0.5, 0.6) is 0 Å². The Hall–Kier alpha value is -2.37. The van der Waals surface area contributed by atoms with Gasteiger partial charge < -0.3 is 20.8 Å². The van der Waals surface area contributed by atoms with Gasteiger partial charge in [0.2, 0.25) is 11.8 Å². The lowest BCUT2D eigenvalue weighted by Crippen LogP contribution is -2.61. The van der Waals surface area contributed by atoms with Gasteiger partial charge in [0, 0.05) is 67.5 Å². The summed E-state index contributed by atoms with van der Waals surface area (Å²) in [7, 11) is 0. The summed E-state index contributed by atoms with van der Waals surface area (Å²) >= 11 is 3.54. The molecule has 2 aromatic rings. The topological polar surface area (TPSA) is 118 Å². The smallest absolute Gasteiger partial charge is 0.239 e. The molecule has 9 nitrogen and oxygen atoms in total. The predicted molar refractivity (Wildman–Crippen MR) is 183 cm³/mol. The highest BCUT2D eigenvalue weighted by molar-refractivity contribution is 9.10. The zero-order valence-electron chi connectivity index (χ0n) is 27.6. The van der Waals surface area contributed by atoms with E-state index in [1.807, 2.05) is 57.3 Å². The number of aliphatic hydroxyl groups excluding tert-OH is 2. The molecule has 2 amide bonds. The van der Waals surface area contributed by atoms with E-state index in [2.05, 4.69) is 41.3 Å². The standard InChI is InChI=1S/C36H52BrN5O4/c1-36(2,3)40-35(46)31-23-41(21-25-10-7-13-38-20-25)14-15-42(31)22-29(43)17-27(16-24-8-5-4-6-9-24)34(45)39-33-30-19-28(37)12-11-26(30)18-32(33)44/h7,10-13,19-20,24,27,29,31-33,43-44H,4-6,8-9,14-18,21-23H2,1-3H3,(H,39,45)(H,40,46)/t27-,29+,31+,32-,33+/m1/s1. The van der Waals surface area contributed by atoms with E-state index in [0.29, 0.717) is 44.9 Å². The number of carbonyl (C=O) groups excluding carboxylic acids is 2. The first-order chi connectivity index (χ1) is 21.9. The Kier molecular flexibility index (Phi) is 11.9. The summed E-state index contributed by atoms with van der Waals surface area (Å²) in [5.41, 5.74) is 2.72. The highest BCUT2D eigenvalue weighted by Gasteiger charge is 2.38. The summed E-state index contributed by atoms with van der Waals surface area (Å²) in [5, 5.41) is 28.8. The lowest BCUT2D eigenvalue weighted by Gasteiger charge is -2.42. The molecule has 1 saturated carbocycles. The van der Waals surface area contributed by atoms with Crippen molar-refractivity contribution in [2.75, 3.05) is 26.2 Å². The molecule has 10 heteroatoms. The summed E-state index contributed by atoms with van der Waals surface area (Å²) in [6.45, 7) is 8.91. The highest BCUT2D eigenvalue weighted by Crippen LogP contribution is 2.35. The molecule has 0 unspecified atom stereocenters. The molecule has 5 atom stereocenters. The van der Waals surface area contributed by atoms with Crippen molar-refractivity contribution in [1.29, 1.82) is 0 Å². The van der Waals surface area contributed by atoms with Crippen LogP contribution < -0.4 is 10.6 Å². The van der Waals surface area contributed by atoms with Crippen molar-refractivity contribution in [3.8, 4) is 0 Å². The number of nitrogens with zero attached hydrogens (tertiary/aromatic N) is 3. The van der Waals surface area contributed by atoms with Gasteiger partial charge in [-0.3, -0.25) is 24.4 Å². The van der Waals surface area contributed by atoms with Crippen LogP contribution in [0.15, 0.2) is 47.2 Å². The molecule has 1 aromatic heterocycles. The van der Waals surface area contributed by atoms with Crippen molar-refractivity contribution in [2.24, 2.45) is 11.8 Å². The van der Waals surface area contributed by atoms with Crippen LogP contribution in [0.2, 0.25) is 0 Å². The number of rotatable bonds is 11. The van der Waals surface area contributed by atoms with Crippen LogP contribution in [0.3, 0.4) is 0 Å². The molecule has 1 saturated heterocycles. The molecular formula is C36H52BrN5O4. The Morgan fingerprint density at radius 2 is 1.91 bits per heavy atom. The fourth-order valence-electron chi connectivity index (χ4n) is 7.54. The minimum atomic E-state index is -0.774. The molecule has 0 bridgehead atoms. The third-order valence-corrected chi connectivity index (χ3v) is 10.3. The molecule has 5 rings (SSSR count). The molecule has 2 heterocycles. The molecule has 252 valence electrons. The fraction of sp³-hybridized carbons (Fsp3) is 0.639. The minimum Gasteiger partial charge on any atom is -0.392 e. The number of hydrogen-bond acceptors (Lipinski definition) is 7. The van der Waals surface area contributed by atoms with E-state index in [4.69, 9.17) is 0 Å². The summed E-state index contributed by atoms with van der Waals surface area (Å²) in [6, 6.07) is 9.03. The Morgan fingerprint density at radius 1 is 1.13 bits per heavy atom. The summed E-state index contributed by atoms with van der Waals surface area (Å²) in [6.07, 6.45) is 9.53. The maximum Gasteiger partial charge on any atom is 0.239 e. The van der Waals surface area contributed by atoms with Crippen molar-refractivity contribution < 1.29 is 19.8 Å². The first-order valence-corrected chi connectivity index (χ1v) is 17.9. The Bertz CT molecular complexity index is 1320. The lowest BCUT2D eigenvalue weighted by atomic mass is 9.80. The number of aliphatic hydroxyl groups is 2. The van der Waals surface area contributed by atoms with Gasteiger partial charge >= 0.3 is 0 Å². The molecule has 2 aliphatic carbocycles. The quantitative estimate of drug-likeness (QED) is 0.276. The number of amides is 2. The van der Waals surface area contributed by atoms with E-state index < -0.39 is 24.3 Å².